The number of para-hydroxylation sites is 1. The summed E-state index contributed by atoms with van der Waals surface area (Å²) in [6.45, 7) is 0. The van der Waals surface area contributed by atoms with Crippen molar-refractivity contribution >= 4 is 40.8 Å². The molecule has 1 unspecified atom stereocenters. The minimum absolute atomic E-state index is 0.558. The van der Waals surface area contributed by atoms with Gasteiger partial charge in [0, 0.05) is 23.4 Å². The van der Waals surface area contributed by atoms with Gasteiger partial charge in [-0.15, -0.1) is 0 Å². The zero-order valence-corrected chi connectivity index (χ0v) is 12.6. The lowest BCUT2D eigenvalue weighted by Gasteiger charge is -2.11. The molecule has 0 saturated carbocycles. The first-order valence-electron chi connectivity index (χ1n) is 6.70. The second-order valence-corrected chi connectivity index (χ2v) is 5.16. The standard InChI is InChI=1S/C16H14ClN3O2/c1-22-15(9-21)20-16-11-4-2-3-5-12(11)18-14-8-10(17)6-7-13(14)19-16/h2-9,15,18H,1H3,(H,19,20). The smallest absolute Gasteiger partial charge is 0.206 e. The molecule has 2 aromatic carbocycles. The molecule has 0 bridgehead atoms. The third kappa shape index (κ3) is 2.81. The lowest BCUT2D eigenvalue weighted by molar-refractivity contribution is -0.115. The monoisotopic (exact) mass is 315 g/mol. The van der Waals surface area contributed by atoms with Crippen LogP contribution in [0.2, 0.25) is 5.02 Å². The highest BCUT2D eigenvalue weighted by molar-refractivity contribution is 6.31. The summed E-state index contributed by atoms with van der Waals surface area (Å²) in [6.07, 6.45) is -0.206. The third-order valence-electron chi connectivity index (χ3n) is 3.30. The van der Waals surface area contributed by atoms with E-state index in [1.54, 1.807) is 6.07 Å². The van der Waals surface area contributed by atoms with E-state index in [9.17, 15) is 4.79 Å². The van der Waals surface area contributed by atoms with Gasteiger partial charge in [-0.25, -0.2) is 4.99 Å². The Kier molecular flexibility index (Phi) is 4.09. The molecule has 112 valence electrons. The van der Waals surface area contributed by atoms with Gasteiger partial charge >= 0.3 is 0 Å². The van der Waals surface area contributed by atoms with Crippen molar-refractivity contribution in [2.75, 3.05) is 17.7 Å². The van der Waals surface area contributed by atoms with Gasteiger partial charge in [0.15, 0.2) is 6.29 Å². The Balaban J connectivity index is 2.14. The molecule has 0 radical (unpaired) electrons. The zero-order valence-electron chi connectivity index (χ0n) is 11.8. The summed E-state index contributed by atoms with van der Waals surface area (Å²) in [7, 11) is 1.44. The number of rotatable bonds is 3. The fraction of sp³-hybridized carbons (Fsp3) is 0.125. The van der Waals surface area contributed by atoms with Crippen molar-refractivity contribution in [1.29, 1.82) is 0 Å². The number of nitrogens with zero attached hydrogens (tertiary/aromatic N) is 1. The van der Waals surface area contributed by atoms with Crippen LogP contribution in [-0.4, -0.2) is 25.5 Å². The van der Waals surface area contributed by atoms with E-state index in [2.05, 4.69) is 15.6 Å². The van der Waals surface area contributed by atoms with Gasteiger partial charge in [-0.05, 0) is 30.3 Å². The molecule has 5 nitrogen and oxygen atoms in total. The van der Waals surface area contributed by atoms with Crippen molar-refractivity contribution in [1.82, 2.24) is 0 Å². The van der Waals surface area contributed by atoms with Crippen LogP contribution in [0.25, 0.3) is 0 Å². The lowest BCUT2D eigenvalue weighted by Crippen LogP contribution is -2.19. The van der Waals surface area contributed by atoms with Gasteiger partial charge in [-0.2, -0.15) is 0 Å². The molecule has 1 aliphatic heterocycles. The van der Waals surface area contributed by atoms with Crippen LogP contribution in [0.15, 0.2) is 47.5 Å². The van der Waals surface area contributed by atoms with E-state index in [0.29, 0.717) is 17.1 Å². The van der Waals surface area contributed by atoms with Crippen LogP contribution in [0.3, 0.4) is 0 Å². The molecule has 0 amide bonds. The number of carbonyl (C=O) groups excluding carboxylic acids is 1. The van der Waals surface area contributed by atoms with Crippen LogP contribution < -0.4 is 10.6 Å². The van der Waals surface area contributed by atoms with Crippen molar-refractivity contribution in [2.45, 2.75) is 6.23 Å². The molecule has 0 saturated heterocycles. The Morgan fingerprint density at radius 2 is 1.95 bits per heavy atom. The molecule has 0 spiro atoms. The summed E-state index contributed by atoms with van der Waals surface area (Å²) >= 11 is 6.06. The maximum absolute atomic E-state index is 11.0. The topological polar surface area (TPSA) is 62.7 Å². The molecule has 2 N–H and O–H groups in total. The van der Waals surface area contributed by atoms with Gasteiger partial charge in [0.2, 0.25) is 6.23 Å². The molecule has 1 aliphatic rings. The molecular formula is C16H14ClN3O2. The van der Waals surface area contributed by atoms with Gasteiger partial charge in [-0.3, -0.25) is 4.79 Å². The molecule has 0 fully saturated rings. The number of carbonyl (C=O) groups is 1. The molecule has 0 aliphatic carbocycles. The number of aldehydes is 1. The average molecular weight is 316 g/mol. The Morgan fingerprint density at radius 3 is 2.73 bits per heavy atom. The number of methoxy groups -OCH3 is 1. The Bertz CT molecular complexity index is 746. The van der Waals surface area contributed by atoms with E-state index < -0.39 is 6.23 Å². The van der Waals surface area contributed by atoms with Crippen LogP contribution in [0.5, 0.6) is 0 Å². The fourth-order valence-electron chi connectivity index (χ4n) is 2.24. The molecule has 6 heteroatoms. The zero-order chi connectivity index (χ0) is 15.5. The summed E-state index contributed by atoms with van der Waals surface area (Å²) < 4.78 is 5.03. The SMILES string of the molecule is COC(C=O)N=C1Nc2ccc(Cl)cc2Nc2ccccc21. The van der Waals surface area contributed by atoms with Crippen LogP contribution in [-0.2, 0) is 9.53 Å². The minimum Gasteiger partial charge on any atom is -0.353 e. The van der Waals surface area contributed by atoms with E-state index in [0.717, 1.165) is 22.6 Å². The summed E-state index contributed by atoms with van der Waals surface area (Å²) in [4.78, 5) is 15.3. The number of nitrogens with one attached hydrogen (secondary N) is 2. The average Bonchev–Trinajstić information content (AvgIpc) is 2.68. The van der Waals surface area contributed by atoms with Crippen LogP contribution in [0, 0.1) is 0 Å². The summed E-state index contributed by atoms with van der Waals surface area (Å²) in [5, 5.41) is 7.19. The van der Waals surface area contributed by atoms with Gasteiger partial charge in [-0.1, -0.05) is 23.7 Å². The molecule has 0 aromatic heterocycles. The highest BCUT2D eigenvalue weighted by Gasteiger charge is 2.18. The van der Waals surface area contributed by atoms with E-state index in [-0.39, 0.29) is 0 Å². The largest absolute Gasteiger partial charge is 0.353 e. The van der Waals surface area contributed by atoms with Crippen molar-refractivity contribution < 1.29 is 9.53 Å². The Hall–Kier alpha value is -2.37. The molecular weight excluding hydrogens is 302 g/mol. The van der Waals surface area contributed by atoms with Gasteiger partial charge in [0.25, 0.3) is 0 Å². The van der Waals surface area contributed by atoms with E-state index >= 15 is 0 Å². The van der Waals surface area contributed by atoms with E-state index in [1.807, 2.05) is 36.4 Å². The van der Waals surface area contributed by atoms with Crippen LogP contribution in [0.4, 0.5) is 17.1 Å². The number of aliphatic imine (C=N–C) groups is 1. The highest BCUT2D eigenvalue weighted by atomic mass is 35.5. The molecule has 1 heterocycles. The summed E-state index contributed by atoms with van der Waals surface area (Å²) in [5.74, 6) is 0.558. The first-order valence-corrected chi connectivity index (χ1v) is 7.08. The third-order valence-corrected chi connectivity index (χ3v) is 3.54. The summed E-state index contributed by atoms with van der Waals surface area (Å²) in [6, 6.07) is 13.2. The quantitative estimate of drug-likeness (QED) is 0.852. The van der Waals surface area contributed by atoms with E-state index in [1.165, 1.54) is 7.11 Å². The van der Waals surface area contributed by atoms with Gasteiger partial charge in [0.1, 0.15) is 5.84 Å². The van der Waals surface area contributed by atoms with Crippen molar-refractivity contribution in [3.05, 3.63) is 53.1 Å². The number of anilines is 3. The van der Waals surface area contributed by atoms with Gasteiger partial charge in [0.05, 0.1) is 11.4 Å². The number of amidine groups is 1. The number of benzene rings is 2. The predicted octanol–water partition coefficient (Wildman–Crippen LogP) is 3.43. The first-order chi connectivity index (χ1) is 10.7. The predicted molar refractivity (Wildman–Crippen MR) is 88.2 cm³/mol. The Morgan fingerprint density at radius 1 is 1.14 bits per heavy atom. The van der Waals surface area contributed by atoms with Crippen molar-refractivity contribution in [3.63, 3.8) is 0 Å². The van der Waals surface area contributed by atoms with Crippen LogP contribution in [0.1, 0.15) is 5.56 Å². The highest BCUT2D eigenvalue weighted by Crippen LogP contribution is 2.34. The molecule has 3 rings (SSSR count). The first kappa shape index (κ1) is 14.6. The number of halogens is 1. The maximum Gasteiger partial charge on any atom is 0.206 e. The minimum atomic E-state index is -0.857. The number of hydrogen-bond donors (Lipinski definition) is 2. The fourth-order valence-corrected chi connectivity index (χ4v) is 2.41. The van der Waals surface area contributed by atoms with E-state index in [4.69, 9.17) is 16.3 Å². The van der Waals surface area contributed by atoms with Crippen molar-refractivity contribution in [3.8, 4) is 0 Å². The number of ether oxygens (including phenoxy) is 1. The lowest BCUT2D eigenvalue weighted by atomic mass is 10.1. The normalized spacial score (nSPS) is 15.8. The maximum atomic E-state index is 11.0. The molecule has 2 aromatic rings. The molecule has 22 heavy (non-hydrogen) atoms. The van der Waals surface area contributed by atoms with Crippen LogP contribution >= 0.6 is 11.6 Å². The second-order valence-electron chi connectivity index (χ2n) is 4.73. The summed E-state index contributed by atoms with van der Waals surface area (Å²) in [5.41, 5.74) is 3.37. The second kappa shape index (κ2) is 6.17. The number of fused-ring (bicyclic) bond motifs is 2. The number of hydrogen-bond acceptors (Lipinski definition) is 4. The van der Waals surface area contributed by atoms with Crippen molar-refractivity contribution in [2.24, 2.45) is 4.99 Å². The molecule has 1 atom stereocenters. The Labute approximate surface area is 133 Å². The van der Waals surface area contributed by atoms with Gasteiger partial charge < -0.3 is 15.4 Å².